The molecular formula is C14H18N2O3S. The summed E-state index contributed by atoms with van der Waals surface area (Å²) in [4.78, 5) is 28.2. The zero-order valence-electron chi connectivity index (χ0n) is 11.6. The van der Waals surface area contributed by atoms with E-state index >= 15 is 0 Å². The van der Waals surface area contributed by atoms with Crippen LogP contribution in [0.5, 0.6) is 0 Å². The number of ether oxygens (including phenoxy) is 1. The molecular weight excluding hydrogens is 276 g/mol. The summed E-state index contributed by atoms with van der Waals surface area (Å²) in [5.74, 6) is -0.177. The molecule has 2 aliphatic heterocycles. The largest absolute Gasteiger partial charge is 0.375 e. The molecule has 2 aliphatic rings. The number of fused-ring (bicyclic) bond motifs is 1. The van der Waals surface area contributed by atoms with Gasteiger partial charge in [0.2, 0.25) is 5.91 Å². The molecule has 20 heavy (non-hydrogen) atoms. The predicted octanol–water partition coefficient (Wildman–Crippen LogP) is 1.07. The zero-order valence-corrected chi connectivity index (χ0v) is 12.4. The van der Waals surface area contributed by atoms with Crippen molar-refractivity contribution in [1.82, 2.24) is 9.80 Å². The fourth-order valence-electron chi connectivity index (χ4n) is 3.10. The van der Waals surface area contributed by atoms with Crippen molar-refractivity contribution < 1.29 is 14.3 Å². The van der Waals surface area contributed by atoms with Crippen LogP contribution < -0.4 is 0 Å². The monoisotopic (exact) mass is 294 g/mol. The maximum Gasteiger partial charge on any atom is 0.255 e. The first-order chi connectivity index (χ1) is 9.59. The van der Waals surface area contributed by atoms with Gasteiger partial charge in [0.25, 0.3) is 5.91 Å². The number of carbonyl (C=O) groups excluding carboxylic acids is 2. The molecule has 5 nitrogen and oxygen atoms in total. The minimum Gasteiger partial charge on any atom is -0.375 e. The van der Waals surface area contributed by atoms with Crippen LogP contribution in [-0.4, -0.2) is 61.0 Å². The van der Waals surface area contributed by atoms with Crippen molar-refractivity contribution in [3.8, 4) is 0 Å². The van der Waals surface area contributed by atoms with E-state index in [0.717, 1.165) is 6.42 Å². The average molecular weight is 294 g/mol. The van der Waals surface area contributed by atoms with Gasteiger partial charge in [-0.3, -0.25) is 9.59 Å². The molecule has 1 aromatic rings. The van der Waals surface area contributed by atoms with E-state index in [1.807, 2.05) is 21.7 Å². The topological polar surface area (TPSA) is 49.9 Å². The number of nitrogens with zero attached hydrogens (tertiary/aromatic N) is 2. The number of rotatable bonds is 2. The third-order valence-electron chi connectivity index (χ3n) is 4.08. The van der Waals surface area contributed by atoms with E-state index in [9.17, 15) is 9.59 Å². The molecule has 0 saturated carbocycles. The number of carbonyl (C=O) groups is 2. The number of hydrogen-bond donors (Lipinski definition) is 0. The van der Waals surface area contributed by atoms with Gasteiger partial charge < -0.3 is 14.5 Å². The molecule has 2 fully saturated rings. The molecule has 1 aromatic heterocycles. The molecule has 3 rings (SSSR count). The van der Waals surface area contributed by atoms with Crippen molar-refractivity contribution in [3.63, 3.8) is 0 Å². The van der Waals surface area contributed by atoms with E-state index in [1.165, 1.54) is 11.3 Å². The first kappa shape index (κ1) is 13.6. The summed E-state index contributed by atoms with van der Waals surface area (Å²) in [6.07, 6.45) is 0.671. The van der Waals surface area contributed by atoms with Gasteiger partial charge in [-0.1, -0.05) is 0 Å². The highest BCUT2D eigenvalue weighted by molar-refractivity contribution is 7.08. The van der Waals surface area contributed by atoms with Crippen molar-refractivity contribution >= 4 is 23.2 Å². The van der Waals surface area contributed by atoms with Crippen molar-refractivity contribution in [3.05, 3.63) is 22.4 Å². The lowest BCUT2D eigenvalue weighted by molar-refractivity contribution is -0.135. The average Bonchev–Trinajstić information content (AvgIpc) is 3.13. The molecule has 108 valence electrons. The first-order valence-electron chi connectivity index (χ1n) is 6.75. The summed E-state index contributed by atoms with van der Waals surface area (Å²) in [7, 11) is 3.49. The molecule has 0 N–H and O–H groups in total. The molecule has 0 bridgehead atoms. The molecule has 2 saturated heterocycles. The lowest BCUT2D eigenvalue weighted by Crippen LogP contribution is -2.37. The van der Waals surface area contributed by atoms with Crippen molar-refractivity contribution in [2.24, 2.45) is 5.92 Å². The summed E-state index contributed by atoms with van der Waals surface area (Å²) in [5.41, 5.74) is 0.707. The molecule has 0 aliphatic carbocycles. The van der Waals surface area contributed by atoms with Gasteiger partial charge in [0.1, 0.15) is 0 Å². The molecule has 0 aromatic carbocycles. The number of likely N-dealkylation sites (tertiary alicyclic amines) is 1. The summed E-state index contributed by atoms with van der Waals surface area (Å²) >= 11 is 1.51. The van der Waals surface area contributed by atoms with Gasteiger partial charge in [-0.05, 0) is 17.9 Å². The fourth-order valence-corrected chi connectivity index (χ4v) is 3.73. The molecule has 6 heteroatoms. The standard InChI is InChI=1S/C14H18N2O3S/c1-15(2)14(18)10-7-16(11-3-5-19-12(10)11)13(17)9-4-6-20-8-9/h4,6,8,10-12H,3,5,7H2,1-2H3/t10-,11-,12+/m1/s1. The molecule has 0 unspecified atom stereocenters. The van der Waals surface area contributed by atoms with Crippen LogP contribution in [-0.2, 0) is 9.53 Å². The lowest BCUT2D eigenvalue weighted by Gasteiger charge is -2.22. The number of thiophene rings is 1. The number of hydrogen-bond acceptors (Lipinski definition) is 4. The van der Waals surface area contributed by atoms with Crippen LogP contribution >= 0.6 is 11.3 Å². The van der Waals surface area contributed by atoms with Crippen LogP contribution in [0, 0.1) is 5.92 Å². The van der Waals surface area contributed by atoms with Crippen LogP contribution in [0.15, 0.2) is 16.8 Å². The van der Waals surface area contributed by atoms with Gasteiger partial charge in [-0.2, -0.15) is 11.3 Å². The highest BCUT2D eigenvalue weighted by Crippen LogP contribution is 2.35. The highest BCUT2D eigenvalue weighted by atomic mass is 32.1. The van der Waals surface area contributed by atoms with Crippen LogP contribution in [0.25, 0.3) is 0 Å². The van der Waals surface area contributed by atoms with E-state index < -0.39 is 0 Å². The molecule has 2 amide bonds. The Kier molecular flexibility index (Phi) is 3.52. The van der Waals surface area contributed by atoms with Gasteiger partial charge in [0.05, 0.1) is 23.6 Å². The SMILES string of the molecule is CN(C)C(=O)[C@@H]1CN(C(=O)c2ccsc2)[C@@H]2CCO[C@H]21. The van der Waals surface area contributed by atoms with Gasteiger partial charge in [-0.25, -0.2) is 0 Å². The first-order valence-corrected chi connectivity index (χ1v) is 7.70. The van der Waals surface area contributed by atoms with Crippen LogP contribution in [0.1, 0.15) is 16.8 Å². The van der Waals surface area contributed by atoms with Crippen molar-refractivity contribution in [2.75, 3.05) is 27.2 Å². The summed E-state index contributed by atoms with van der Waals surface area (Å²) in [6, 6.07) is 1.87. The quantitative estimate of drug-likeness (QED) is 0.820. The van der Waals surface area contributed by atoms with Gasteiger partial charge >= 0.3 is 0 Å². The predicted molar refractivity (Wildman–Crippen MR) is 75.7 cm³/mol. The number of amides is 2. The van der Waals surface area contributed by atoms with E-state index in [1.54, 1.807) is 19.0 Å². The second-order valence-corrected chi connectivity index (χ2v) is 6.28. The lowest BCUT2D eigenvalue weighted by atomic mass is 10.0. The Labute approximate surface area is 122 Å². The Hall–Kier alpha value is -1.40. The van der Waals surface area contributed by atoms with Crippen molar-refractivity contribution in [1.29, 1.82) is 0 Å². The summed E-state index contributed by atoms with van der Waals surface area (Å²) in [6.45, 7) is 1.08. The third-order valence-corrected chi connectivity index (χ3v) is 4.76. The Morgan fingerprint density at radius 2 is 2.25 bits per heavy atom. The Morgan fingerprint density at radius 1 is 1.45 bits per heavy atom. The maximum absolute atomic E-state index is 12.5. The minimum atomic E-state index is -0.236. The maximum atomic E-state index is 12.5. The molecule has 0 spiro atoms. The zero-order chi connectivity index (χ0) is 14.3. The highest BCUT2D eigenvalue weighted by Gasteiger charge is 2.50. The minimum absolute atomic E-state index is 0.0146. The molecule has 0 radical (unpaired) electrons. The van der Waals surface area contributed by atoms with E-state index in [-0.39, 0.29) is 29.9 Å². The molecule has 3 atom stereocenters. The third kappa shape index (κ3) is 2.13. The summed E-state index contributed by atoms with van der Waals surface area (Å²) in [5, 5.41) is 3.75. The van der Waals surface area contributed by atoms with E-state index in [0.29, 0.717) is 18.7 Å². The van der Waals surface area contributed by atoms with E-state index in [4.69, 9.17) is 4.74 Å². The van der Waals surface area contributed by atoms with Crippen LogP contribution in [0.2, 0.25) is 0 Å². The summed E-state index contributed by atoms with van der Waals surface area (Å²) < 4.78 is 5.72. The Balaban J connectivity index is 1.83. The second kappa shape index (κ2) is 5.18. The fraction of sp³-hybridized carbons (Fsp3) is 0.571. The van der Waals surface area contributed by atoms with Gasteiger partial charge in [0, 0.05) is 32.6 Å². The van der Waals surface area contributed by atoms with Crippen LogP contribution in [0.4, 0.5) is 0 Å². The normalized spacial score (nSPS) is 28.5. The smallest absolute Gasteiger partial charge is 0.255 e. The van der Waals surface area contributed by atoms with Gasteiger partial charge in [0.15, 0.2) is 0 Å². The van der Waals surface area contributed by atoms with Crippen molar-refractivity contribution in [2.45, 2.75) is 18.6 Å². The Morgan fingerprint density at radius 3 is 2.90 bits per heavy atom. The Bertz CT molecular complexity index is 514. The van der Waals surface area contributed by atoms with Crippen LogP contribution in [0.3, 0.4) is 0 Å². The second-order valence-electron chi connectivity index (χ2n) is 5.50. The van der Waals surface area contributed by atoms with Gasteiger partial charge in [-0.15, -0.1) is 0 Å². The molecule has 3 heterocycles. The van der Waals surface area contributed by atoms with E-state index in [2.05, 4.69) is 0 Å².